The number of hydrogen-bond acceptors (Lipinski definition) is 7. The van der Waals surface area contributed by atoms with E-state index in [0.29, 0.717) is 34.5 Å². The lowest BCUT2D eigenvalue weighted by Gasteiger charge is -2.25. The summed E-state index contributed by atoms with van der Waals surface area (Å²) >= 11 is 0. The van der Waals surface area contributed by atoms with Gasteiger partial charge >= 0.3 is 6.18 Å². The van der Waals surface area contributed by atoms with E-state index in [0.717, 1.165) is 5.69 Å². The van der Waals surface area contributed by atoms with Crippen molar-refractivity contribution in [3.8, 4) is 16.9 Å². The Hall–Kier alpha value is -4.87. The summed E-state index contributed by atoms with van der Waals surface area (Å²) in [6.45, 7) is -1.10. The van der Waals surface area contributed by atoms with Crippen LogP contribution in [0.25, 0.3) is 11.1 Å². The van der Waals surface area contributed by atoms with Crippen LogP contribution < -0.4 is 25.4 Å². The highest BCUT2D eigenvalue weighted by Gasteiger charge is 2.27. The smallest absolute Gasteiger partial charge is 0.405 e. The number of aromatic nitrogens is 3. The van der Waals surface area contributed by atoms with Crippen LogP contribution in [0.3, 0.4) is 0 Å². The van der Waals surface area contributed by atoms with Gasteiger partial charge in [-0.2, -0.15) is 18.2 Å². The van der Waals surface area contributed by atoms with Crippen molar-refractivity contribution in [1.82, 2.24) is 15.0 Å². The number of pyridine rings is 1. The second-order valence-electron chi connectivity index (χ2n) is 8.50. The Morgan fingerprint density at radius 3 is 2.36 bits per heavy atom. The molecule has 0 aliphatic carbocycles. The molecule has 2 aromatic carbocycles. The lowest BCUT2D eigenvalue weighted by Crippen LogP contribution is -2.25. The fourth-order valence-corrected chi connectivity index (χ4v) is 3.85. The van der Waals surface area contributed by atoms with Gasteiger partial charge in [0, 0.05) is 42.8 Å². The minimum atomic E-state index is -4.48. The number of hydrogen-bond donors (Lipinski definition) is 2. The first kappa shape index (κ1) is 27.2. The zero-order chi connectivity index (χ0) is 28.0. The summed E-state index contributed by atoms with van der Waals surface area (Å²) in [5.41, 5.74) is 2.52. The van der Waals surface area contributed by atoms with E-state index in [9.17, 15) is 22.8 Å². The number of carbonyl (C=O) groups excluding carboxylic acids is 1. The number of benzene rings is 2. The molecule has 0 aliphatic rings. The Labute approximate surface area is 221 Å². The van der Waals surface area contributed by atoms with Crippen molar-refractivity contribution in [1.29, 1.82) is 0 Å². The molecule has 0 aliphatic heterocycles. The molecule has 2 N–H and O–H groups in total. The number of ether oxygens (including phenoxy) is 1. The van der Waals surface area contributed by atoms with Crippen molar-refractivity contribution in [3.63, 3.8) is 0 Å². The lowest BCUT2D eigenvalue weighted by molar-refractivity contribution is -0.115. The minimum Gasteiger partial charge on any atom is -0.497 e. The summed E-state index contributed by atoms with van der Waals surface area (Å²) in [7, 11) is 3.38. The van der Waals surface area contributed by atoms with Crippen molar-refractivity contribution < 1.29 is 22.7 Å². The maximum atomic E-state index is 12.8. The molecule has 0 atom stereocenters. The van der Waals surface area contributed by atoms with Crippen LogP contribution in [0.5, 0.6) is 5.75 Å². The van der Waals surface area contributed by atoms with E-state index in [1.165, 1.54) is 17.3 Å². The summed E-state index contributed by atoms with van der Waals surface area (Å²) in [6, 6.07) is 17.2. The fourth-order valence-electron chi connectivity index (χ4n) is 3.85. The number of rotatable bonds is 10. The number of halogens is 3. The molecule has 4 rings (SSSR count). The third-order valence-electron chi connectivity index (χ3n) is 5.82. The van der Waals surface area contributed by atoms with Crippen LogP contribution in [0.1, 0.15) is 5.56 Å². The van der Waals surface area contributed by atoms with Crippen LogP contribution in [0, 0.1) is 0 Å². The van der Waals surface area contributed by atoms with E-state index in [1.54, 1.807) is 55.6 Å². The molecule has 0 spiro atoms. The standard InChI is InChI=1S/C27H25F3N6O3/c1-35(20-9-11-22(39-2)12-10-20)15-19-14-32-26(33-16-27(28,29)30)34-24(19)36(17-37)21-7-5-18(6-8-21)23-4-3-13-31-25(23)38/h3-14,17H,15-16H2,1-2H3,(H,31,38)(H,32,33,34). The maximum Gasteiger partial charge on any atom is 0.405 e. The zero-order valence-corrected chi connectivity index (χ0v) is 21.1. The highest BCUT2D eigenvalue weighted by atomic mass is 19.4. The second kappa shape index (κ2) is 11.7. The van der Waals surface area contributed by atoms with E-state index in [-0.39, 0.29) is 23.9 Å². The molecule has 202 valence electrons. The van der Waals surface area contributed by atoms with Crippen LogP contribution in [0.4, 0.5) is 36.3 Å². The Kier molecular flexibility index (Phi) is 8.13. The predicted molar refractivity (Wildman–Crippen MR) is 142 cm³/mol. The summed E-state index contributed by atoms with van der Waals surface area (Å²) in [4.78, 5) is 38.5. The van der Waals surface area contributed by atoms with E-state index < -0.39 is 12.7 Å². The molecule has 1 amide bonds. The second-order valence-corrected chi connectivity index (χ2v) is 8.50. The van der Waals surface area contributed by atoms with Crippen molar-refractivity contribution in [3.05, 3.63) is 89.0 Å². The van der Waals surface area contributed by atoms with Gasteiger partial charge in [0.15, 0.2) is 0 Å². The van der Waals surface area contributed by atoms with Gasteiger partial charge in [-0.05, 0) is 54.1 Å². The molecule has 9 nitrogen and oxygen atoms in total. The summed E-state index contributed by atoms with van der Waals surface area (Å²) < 4.78 is 43.6. The molecule has 0 unspecified atom stereocenters. The highest BCUT2D eigenvalue weighted by Crippen LogP contribution is 2.30. The SMILES string of the molecule is COc1ccc(N(C)Cc2cnc(NCC(F)(F)F)nc2N(C=O)c2ccc(-c3ccc[nH]c3=O)cc2)cc1. The Morgan fingerprint density at radius 1 is 1.05 bits per heavy atom. The Balaban J connectivity index is 1.69. The molecule has 0 saturated heterocycles. The van der Waals surface area contributed by atoms with E-state index in [2.05, 4.69) is 20.3 Å². The Bertz CT molecular complexity index is 1470. The van der Waals surface area contributed by atoms with Crippen LogP contribution in [-0.2, 0) is 11.3 Å². The number of anilines is 4. The summed E-state index contributed by atoms with van der Waals surface area (Å²) in [5.74, 6) is 0.511. The lowest BCUT2D eigenvalue weighted by atomic mass is 10.1. The van der Waals surface area contributed by atoms with Gasteiger partial charge in [0.1, 0.15) is 18.1 Å². The number of alkyl halides is 3. The topological polar surface area (TPSA) is 103 Å². The molecule has 0 bridgehead atoms. The number of nitrogens with zero attached hydrogens (tertiary/aromatic N) is 4. The number of nitrogens with one attached hydrogen (secondary N) is 2. The number of amides is 1. The monoisotopic (exact) mass is 538 g/mol. The average Bonchev–Trinajstić information content (AvgIpc) is 2.93. The van der Waals surface area contributed by atoms with E-state index >= 15 is 0 Å². The molecule has 0 fully saturated rings. The number of carbonyl (C=O) groups is 1. The van der Waals surface area contributed by atoms with Gasteiger partial charge in [0.2, 0.25) is 12.4 Å². The third-order valence-corrected chi connectivity index (χ3v) is 5.82. The first-order chi connectivity index (χ1) is 18.7. The predicted octanol–water partition coefficient (Wildman–Crippen LogP) is 4.75. The van der Waals surface area contributed by atoms with Crippen molar-refractivity contribution >= 4 is 29.6 Å². The molecule has 2 heterocycles. The quantitative estimate of drug-likeness (QED) is 0.281. The average molecular weight is 539 g/mol. The summed E-state index contributed by atoms with van der Waals surface area (Å²) in [6.07, 6.45) is -1.04. The van der Waals surface area contributed by atoms with Crippen LogP contribution in [0.15, 0.2) is 77.9 Å². The minimum absolute atomic E-state index is 0.107. The van der Waals surface area contributed by atoms with Gasteiger partial charge in [-0.15, -0.1) is 0 Å². The molecule has 12 heteroatoms. The number of methoxy groups -OCH3 is 1. The van der Waals surface area contributed by atoms with Crippen molar-refractivity contribution in [2.75, 3.05) is 35.8 Å². The first-order valence-corrected chi connectivity index (χ1v) is 11.7. The molecule has 39 heavy (non-hydrogen) atoms. The van der Waals surface area contributed by atoms with Gasteiger partial charge in [0.25, 0.3) is 5.56 Å². The molecule has 0 radical (unpaired) electrons. The maximum absolute atomic E-state index is 12.8. The van der Waals surface area contributed by atoms with Crippen LogP contribution in [0.2, 0.25) is 0 Å². The number of aromatic amines is 1. The van der Waals surface area contributed by atoms with Gasteiger partial charge in [-0.3, -0.25) is 14.5 Å². The zero-order valence-electron chi connectivity index (χ0n) is 21.1. The first-order valence-electron chi connectivity index (χ1n) is 11.7. The van der Waals surface area contributed by atoms with Crippen LogP contribution in [-0.4, -0.2) is 48.2 Å². The van der Waals surface area contributed by atoms with Gasteiger partial charge in [-0.25, -0.2) is 4.98 Å². The van der Waals surface area contributed by atoms with Crippen molar-refractivity contribution in [2.45, 2.75) is 12.7 Å². The summed E-state index contributed by atoms with van der Waals surface area (Å²) in [5, 5.41) is 2.16. The van der Waals surface area contributed by atoms with E-state index in [1.807, 2.05) is 24.1 Å². The molecule has 0 saturated carbocycles. The highest BCUT2D eigenvalue weighted by molar-refractivity contribution is 5.87. The van der Waals surface area contributed by atoms with Crippen LogP contribution >= 0.6 is 0 Å². The van der Waals surface area contributed by atoms with Gasteiger partial charge < -0.3 is 19.9 Å². The normalized spacial score (nSPS) is 11.1. The van der Waals surface area contributed by atoms with E-state index in [4.69, 9.17) is 4.74 Å². The number of H-pyrrole nitrogens is 1. The molecule has 2 aromatic heterocycles. The van der Waals surface area contributed by atoms with Crippen molar-refractivity contribution in [2.24, 2.45) is 0 Å². The third kappa shape index (κ3) is 6.72. The molecule has 4 aromatic rings. The largest absolute Gasteiger partial charge is 0.497 e. The fraction of sp³-hybridized carbons (Fsp3) is 0.185. The molecular formula is C27H25F3N6O3. The van der Waals surface area contributed by atoms with Gasteiger partial charge in [-0.1, -0.05) is 12.1 Å². The Morgan fingerprint density at radius 2 is 1.74 bits per heavy atom. The molecular weight excluding hydrogens is 513 g/mol. The van der Waals surface area contributed by atoms with Gasteiger partial charge in [0.05, 0.1) is 12.8 Å².